The maximum atomic E-state index is 12.0. The molecule has 1 amide bonds. The van der Waals surface area contributed by atoms with Gasteiger partial charge in [0.15, 0.2) is 0 Å². The Morgan fingerprint density at radius 1 is 1.42 bits per heavy atom. The van der Waals surface area contributed by atoms with Crippen LogP contribution in [0.1, 0.15) is 25.9 Å². The fourth-order valence-electron chi connectivity index (χ4n) is 1.76. The first-order chi connectivity index (χ1) is 9.10. The Morgan fingerprint density at radius 3 is 2.84 bits per heavy atom. The third-order valence-corrected chi connectivity index (χ3v) is 3.81. The molecule has 1 N–H and O–H groups in total. The van der Waals surface area contributed by atoms with Crippen LogP contribution in [0.2, 0.25) is 0 Å². The molecule has 4 nitrogen and oxygen atoms in total. The molecule has 19 heavy (non-hydrogen) atoms. The minimum Gasteiger partial charge on any atom is -0.497 e. The summed E-state index contributed by atoms with van der Waals surface area (Å²) in [6.07, 6.45) is 0. The van der Waals surface area contributed by atoms with Gasteiger partial charge in [0.1, 0.15) is 5.75 Å². The van der Waals surface area contributed by atoms with E-state index in [1.807, 2.05) is 19.9 Å². The largest absolute Gasteiger partial charge is 0.497 e. The minimum atomic E-state index is -0.107. The summed E-state index contributed by atoms with van der Waals surface area (Å²) in [5.74, 6) is 0.571. The number of carbonyl (C=O) groups excluding carboxylic acids is 1. The maximum Gasteiger partial charge on any atom is 0.251 e. The molecule has 2 rings (SSSR count). The van der Waals surface area contributed by atoms with Crippen LogP contribution in [0.25, 0.3) is 0 Å². The second-order valence-electron chi connectivity index (χ2n) is 4.16. The van der Waals surface area contributed by atoms with Crippen LogP contribution in [0.4, 0.5) is 0 Å². The van der Waals surface area contributed by atoms with Crippen LogP contribution >= 0.6 is 11.3 Å². The lowest BCUT2D eigenvalue weighted by Gasteiger charge is -2.06. The summed E-state index contributed by atoms with van der Waals surface area (Å²) < 4.78 is 5.10. The molecule has 100 valence electrons. The molecule has 1 aromatic heterocycles. The molecule has 0 aliphatic heterocycles. The van der Waals surface area contributed by atoms with Crippen LogP contribution in [0.5, 0.6) is 5.75 Å². The molecule has 0 aliphatic carbocycles. The highest BCUT2D eigenvalue weighted by atomic mass is 32.1. The average molecular weight is 276 g/mol. The van der Waals surface area contributed by atoms with E-state index in [1.165, 1.54) is 0 Å². The van der Waals surface area contributed by atoms with Crippen molar-refractivity contribution in [1.29, 1.82) is 0 Å². The lowest BCUT2D eigenvalue weighted by molar-refractivity contribution is 0.0951. The number of hydrogen-bond donors (Lipinski definition) is 1. The van der Waals surface area contributed by atoms with E-state index in [9.17, 15) is 4.79 Å². The number of nitrogens with zero attached hydrogens (tertiary/aromatic N) is 1. The predicted octanol–water partition coefficient (Wildman–Crippen LogP) is 2.70. The second kappa shape index (κ2) is 5.84. The SMILES string of the molecule is COc1cccc(C(=O)NCc2sc(C)nc2C)c1. The average Bonchev–Trinajstić information content (AvgIpc) is 2.74. The molecule has 0 bridgehead atoms. The molecule has 0 spiro atoms. The smallest absolute Gasteiger partial charge is 0.251 e. The van der Waals surface area contributed by atoms with Crippen LogP contribution in [0.15, 0.2) is 24.3 Å². The zero-order valence-corrected chi connectivity index (χ0v) is 12.0. The molecule has 1 heterocycles. The van der Waals surface area contributed by atoms with Gasteiger partial charge in [-0.05, 0) is 32.0 Å². The zero-order chi connectivity index (χ0) is 13.8. The molecule has 2 aromatic rings. The van der Waals surface area contributed by atoms with Gasteiger partial charge in [-0.3, -0.25) is 4.79 Å². The predicted molar refractivity (Wildman–Crippen MR) is 75.8 cm³/mol. The Bertz CT molecular complexity index is 593. The van der Waals surface area contributed by atoms with Gasteiger partial charge in [0, 0.05) is 10.4 Å². The van der Waals surface area contributed by atoms with E-state index >= 15 is 0 Å². The number of nitrogens with one attached hydrogen (secondary N) is 1. The Hall–Kier alpha value is -1.88. The van der Waals surface area contributed by atoms with E-state index < -0.39 is 0 Å². The zero-order valence-electron chi connectivity index (χ0n) is 11.2. The lowest BCUT2D eigenvalue weighted by atomic mass is 10.2. The number of methoxy groups -OCH3 is 1. The fraction of sp³-hybridized carbons (Fsp3) is 0.286. The van der Waals surface area contributed by atoms with Crippen molar-refractivity contribution in [3.05, 3.63) is 45.4 Å². The van der Waals surface area contributed by atoms with Gasteiger partial charge in [-0.15, -0.1) is 11.3 Å². The van der Waals surface area contributed by atoms with E-state index in [0.29, 0.717) is 17.9 Å². The highest BCUT2D eigenvalue weighted by Crippen LogP contribution is 2.17. The van der Waals surface area contributed by atoms with E-state index in [4.69, 9.17) is 4.74 Å². The summed E-state index contributed by atoms with van der Waals surface area (Å²) in [4.78, 5) is 17.4. The van der Waals surface area contributed by atoms with Gasteiger partial charge in [-0.2, -0.15) is 0 Å². The number of rotatable bonds is 4. The first-order valence-electron chi connectivity index (χ1n) is 5.95. The van der Waals surface area contributed by atoms with Gasteiger partial charge in [0.05, 0.1) is 24.4 Å². The van der Waals surface area contributed by atoms with Crippen LogP contribution in [0.3, 0.4) is 0 Å². The molecule has 0 saturated carbocycles. The monoisotopic (exact) mass is 276 g/mol. The molecule has 0 aliphatic rings. The molecule has 0 saturated heterocycles. The van der Waals surface area contributed by atoms with Gasteiger partial charge < -0.3 is 10.1 Å². The molecule has 0 atom stereocenters. The maximum absolute atomic E-state index is 12.0. The number of hydrogen-bond acceptors (Lipinski definition) is 4. The number of thiazole rings is 1. The summed E-state index contributed by atoms with van der Waals surface area (Å²) >= 11 is 1.61. The standard InChI is InChI=1S/C14H16N2O2S/c1-9-13(19-10(2)16-9)8-15-14(17)11-5-4-6-12(7-11)18-3/h4-7H,8H2,1-3H3,(H,15,17). The van der Waals surface area contributed by atoms with Crippen LogP contribution < -0.4 is 10.1 Å². The summed E-state index contributed by atoms with van der Waals surface area (Å²) in [6, 6.07) is 7.10. The van der Waals surface area contributed by atoms with Crippen molar-refractivity contribution >= 4 is 17.2 Å². The van der Waals surface area contributed by atoms with Gasteiger partial charge in [-0.25, -0.2) is 4.98 Å². The molecule has 0 unspecified atom stereocenters. The van der Waals surface area contributed by atoms with Crippen LogP contribution in [0, 0.1) is 13.8 Å². The van der Waals surface area contributed by atoms with Gasteiger partial charge in [-0.1, -0.05) is 6.07 Å². The highest BCUT2D eigenvalue weighted by Gasteiger charge is 2.09. The van der Waals surface area contributed by atoms with E-state index in [-0.39, 0.29) is 5.91 Å². The van der Waals surface area contributed by atoms with Crippen molar-refractivity contribution in [3.63, 3.8) is 0 Å². The number of ether oxygens (including phenoxy) is 1. The second-order valence-corrected chi connectivity index (χ2v) is 5.44. The summed E-state index contributed by atoms with van der Waals surface area (Å²) in [5.41, 5.74) is 1.58. The van der Waals surface area contributed by atoms with Gasteiger partial charge in [0.2, 0.25) is 0 Å². The minimum absolute atomic E-state index is 0.107. The normalized spacial score (nSPS) is 10.3. The summed E-state index contributed by atoms with van der Waals surface area (Å²) in [7, 11) is 1.58. The molecular formula is C14H16N2O2S. The molecule has 0 radical (unpaired) electrons. The Labute approximate surface area is 116 Å². The van der Waals surface area contributed by atoms with Crippen molar-refractivity contribution in [2.45, 2.75) is 20.4 Å². The first-order valence-corrected chi connectivity index (χ1v) is 6.77. The molecule has 0 fully saturated rings. The van der Waals surface area contributed by atoms with Crippen molar-refractivity contribution in [2.24, 2.45) is 0 Å². The topological polar surface area (TPSA) is 51.2 Å². The summed E-state index contributed by atoms with van der Waals surface area (Å²) in [5, 5.41) is 3.91. The number of aromatic nitrogens is 1. The van der Waals surface area contributed by atoms with Crippen molar-refractivity contribution in [2.75, 3.05) is 7.11 Å². The number of aryl methyl sites for hydroxylation is 2. The van der Waals surface area contributed by atoms with Gasteiger partial charge >= 0.3 is 0 Å². The molecule has 5 heteroatoms. The van der Waals surface area contributed by atoms with E-state index in [2.05, 4.69) is 10.3 Å². The number of amides is 1. The van der Waals surface area contributed by atoms with E-state index in [0.717, 1.165) is 15.6 Å². The van der Waals surface area contributed by atoms with Crippen molar-refractivity contribution in [1.82, 2.24) is 10.3 Å². The van der Waals surface area contributed by atoms with Crippen LogP contribution in [-0.2, 0) is 6.54 Å². The number of carbonyl (C=O) groups is 1. The highest BCUT2D eigenvalue weighted by molar-refractivity contribution is 7.11. The van der Waals surface area contributed by atoms with E-state index in [1.54, 1.807) is 36.6 Å². The quantitative estimate of drug-likeness (QED) is 0.934. The molecule has 1 aromatic carbocycles. The van der Waals surface area contributed by atoms with Crippen molar-refractivity contribution < 1.29 is 9.53 Å². The summed E-state index contributed by atoms with van der Waals surface area (Å²) in [6.45, 7) is 4.43. The number of benzene rings is 1. The van der Waals surface area contributed by atoms with Crippen molar-refractivity contribution in [3.8, 4) is 5.75 Å². The Balaban J connectivity index is 2.03. The molecular weight excluding hydrogens is 260 g/mol. The van der Waals surface area contributed by atoms with Gasteiger partial charge in [0.25, 0.3) is 5.91 Å². The van der Waals surface area contributed by atoms with Crippen LogP contribution in [-0.4, -0.2) is 18.0 Å². The third-order valence-electron chi connectivity index (χ3n) is 2.74. The first kappa shape index (κ1) is 13.5. The lowest BCUT2D eigenvalue weighted by Crippen LogP contribution is -2.22. The third kappa shape index (κ3) is 3.32. The fourth-order valence-corrected chi connectivity index (χ4v) is 2.64. The Kier molecular flexibility index (Phi) is 4.16. The Morgan fingerprint density at radius 2 is 2.21 bits per heavy atom.